The fraction of sp³-hybridized carbons (Fsp3) is 0.296. The number of fused-ring (bicyclic) bond motifs is 2. The topological polar surface area (TPSA) is 99.5 Å². The van der Waals surface area contributed by atoms with Gasteiger partial charge in [0.25, 0.3) is 11.5 Å². The highest BCUT2D eigenvalue weighted by Crippen LogP contribution is 2.27. The van der Waals surface area contributed by atoms with Gasteiger partial charge in [-0.15, -0.1) is 0 Å². The van der Waals surface area contributed by atoms with Gasteiger partial charge in [0.05, 0.1) is 23.5 Å². The summed E-state index contributed by atoms with van der Waals surface area (Å²) in [5.74, 6) is -0.969. The van der Waals surface area contributed by atoms with Gasteiger partial charge in [-0.2, -0.15) is 5.10 Å². The molecular formula is C27H27FN4O3. The van der Waals surface area contributed by atoms with Crippen LogP contribution in [0.5, 0.6) is 0 Å². The fourth-order valence-electron chi connectivity index (χ4n) is 4.69. The van der Waals surface area contributed by atoms with Crippen LogP contribution in [0.15, 0.2) is 59.5 Å². The summed E-state index contributed by atoms with van der Waals surface area (Å²) in [6, 6.07) is 12.4. The van der Waals surface area contributed by atoms with Crippen molar-refractivity contribution in [3.05, 3.63) is 93.3 Å². The van der Waals surface area contributed by atoms with Crippen LogP contribution in [-0.2, 0) is 12.8 Å². The van der Waals surface area contributed by atoms with E-state index in [1.807, 2.05) is 6.07 Å². The number of nitrogens with one attached hydrogen (secondary N) is 2. The van der Waals surface area contributed by atoms with Gasteiger partial charge in [0.15, 0.2) is 5.69 Å². The van der Waals surface area contributed by atoms with Crippen LogP contribution in [0.25, 0.3) is 16.8 Å². The number of aliphatic hydroxyl groups is 1. The van der Waals surface area contributed by atoms with Crippen molar-refractivity contribution in [1.29, 1.82) is 0 Å². The molecule has 1 atom stereocenters. The van der Waals surface area contributed by atoms with Crippen molar-refractivity contribution in [3.63, 3.8) is 0 Å². The van der Waals surface area contributed by atoms with Crippen molar-refractivity contribution in [2.24, 2.45) is 0 Å². The minimum absolute atomic E-state index is 0.0365. The normalized spacial score (nSPS) is 14.5. The second-order valence-corrected chi connectivity index (χ2v) is 9.66. The Bertz CT molecular complexity index is 1460. The summed E-state index contributed by atoms with van der Waals surface area (Å²) in [6.07, 6.45) is 6.16. The van der Waals surface area contributed by atoms with Gasteiger partial charge in [-0.05, 0) is 80.0 Å². The summed E-state index contributed by atoms with van der Waals surface area (Å²) in [6.45, 7) is 3.11. The fourth-order valence-corrected chi connectivity index (χ4v) is 4.69. The molecule has 2 aromatic carbocycles. The van der Waals surface area contributed by atoms with Crippen LogP contribution >= 0.6 is 0 Å². The Morgan fingerprint density at radius 3 is 2.54 bits per heavy atom. The molecule has 0 saturated carbocycles. The maximum atomic E-state index is 13.4. The molecule has 0 unspecified atom stereocenters. The summed E-state index contributed by atoms with van der Waals surface area (Å²) in [5, 5.41) is 17.7. The monoisotopic (exact) mass is 474 g/mol. The zero-order chi connectivity index (χ0) is 24.7. The molecule has 2 heterocycles. The molecule has 0 aliphatic heterocycles. The molecule has 0 fully saturated rings. The van der Waals surface area contributed by atoms with Gasteiger partial charge in [0, 0.05) is 6.07 Å². The lowest BCUT2D eigenvalue weighted by Gasteiger charge is -2.30. The van der Waals surface area contributed by atoms with E-state index in [0.717, 1.165) is 24.8 Å². The van der Waals surface area contributed by atoms with Crippen molar-refractivity contribution in [2.75, 3.05) is 0 Å². The van der Waals surface area contributed by atoms with Crippen LogP contribution in [0.1, 0.15) is 59.9 Å². The molecule has 3 N–H and O–H groups in total. The lowest BCUT2D eigenvalue weighted by molar-refractivity contribution is 0.0342. The van der Waals surface area contributed by atoms with E-state index in [0.29, 0.717) is 11.3 Å². The molecule has 180 valence electrons. The lowest BCUT2D eigenvalue weighted by Crippen LogP contribution is -2.42. The zero-order valence-electron chi connectivity index (χ0n) is 19.6. The van der Waals surface area contributed by atoms with Crippen LogP contribution in [0, 0.1) is 5.82 Å². The maximum Gasteiger partial charge on any atom is 0.274 e. The third kappa shape index (κ3) is 4.61. The molecule has 7 nitrogen and oxygen atoms in total. The Hall–Kier alpha value is -3.78. The number of carbonyl (C=O) groups is 1. The molecule has 0 radical (unpaired) electrons. The number of halogens is 1. The van der Waals surface area contributed by atoms with Gasteiger partial charge in [-0.3, -0.25) is 9.59 Å². The Morgan fingerprint density at radius 1 is 1.11 bits per heavy atom. The number of H-pyrrole nitrogens is 1. The molecule has 2 aromatic heterocycles. The van der Waals surface area contributed by atoms with Crippen LogP contribution < -0.4 is 10.9 Å². The average Bonchev–Trinajstić information content (AvgIpc) is 3.27. The van der Waals surface area contributed by atoms with Crippen molar-refractivity contribution >= 4 is 11.4 Å². The Morgan fingerprint density at radius 2 is 1.83 bits per heavy atom. The minimum Gasteiger partial charge on any atom is -0.388 e. The average molecular weight is 475 g/mol. The van der Waals surface area contributed by atoms with E-state index in [1.54, 1.807) is 20.0 Å². The summed E-state index contributed by atoms with van der Waals surface area (Å²) in [5.41, 5.74) is 3.29. The van der Waals surface area contributed by atoms with Crippen LogP contribution in [0.2, 0.25) is 0 Å². The first kappa shape index (κ1) is 23.0. The van der Waals surface area contributed by atoms with Crippen LogP contribution in [0.3, 0.4) is 0 Å². The van der Waals surface area contributed by atoms with Crippen molar-refractivity contribution in [3.8, 4) is 11.3 Å². The predicted molar refractivity (Wildman–Crippen MR) is 131 cm³/mol. The number of amides is 1. The van der Waals surface area contributed by atoms with Gasteiger partial charge >= 0.3 is 0 Å². The van der Waals surface area contributed by atoms with Crippen LogP contribution in [0.4, 0.5) is 4.39 Å². The van der Waals surface area contributed by atoms with E-state index < -0.39 is 23.4 Å². The predicted octanol–water partition coefficient (Wildman–Crippen LogP) is 3.95. The van der Waals surface area contributed by atoms with Crippen molar-refractivity contribution in [2.45, 2.75) is 51.2 Å². The summed E-state index contributed by atoms with van der Waals surface area (Å²) in [4.78, 5) is 28.8. The van der Waals surface area contributed by atoms with Gasteiger partial charge in [0.2, 0.25) is 0 Å². The SMILES string of the molecule is CC(C)(O)[C@@H](NC(=O)c1cc2c(=O)[nH]c(-c3ccc4c(c3)CCCC4)cn2n1)c1ccc(F)cc1. The second-order valence-electron chi connectivity index (χ2n) is 9.66. The molecule has 0 bridgehead atoms. The first-order chi connectivity index (χ1) is 16.7. The number of hydrogen-bond acceptors (Lipinski definition) is 4. The largest absolute Gasteiger partial charge is 0.388 e. The highest BCUT2D eigenvalue weighted by atomic mass is 19.1. The van der Waals surface area contributed by atoms with Crippen molar-refractivity contribution < 1.29 is 14.3 Å². The number of aromatic amines is 1. The van der Waals surface area contributed by atoms with E-state index >= 15 is 0 Å². The van der Waals surface area contributed by atoms with Gasteiger partial charge in [-0.1, -0.05) is 24.3 Å². The standard InChI is InChI=1S/C27H27FN4O3/c1-27(2,35)24(17-9-11-20(28)12-10-17)30-25(33)21-14-23-26(34)29-22(15-32(23)31-21)19-8-7-16-5-3-4-6-18(16)13-19/h7-15,24,35H,3-6H2,1-2H3,(H,29,34)(H,30,33)/t24-/m0/s1. The summed E-state index contributed by atoms with van der Waals surface area (Å²) < 4.78 is 14.8. The molecule has 0 saturated heterocycles. The molecule has 5 rings (SSSR count). The molecule has 1 amide bonds. The molecule has 0 spiro atoms. The van der Waals surface area contributed by atoms with E-state index in [1.165, 1.54) is 52.4 Å². The Balaban J connectivity index is 1.46. The first-order valence-corrected chi connectivity index (χ1v) is 11.7. The number of aromatic nitrogens is 3. The van der Waals surface area contributed by atoms with E-state index in [4.69, 9.17) is 0 Å². The Kier molecular flexibility index (Phi) is 5.76. The number of hydrogen-bond donors (Lipinski definition) is 3. The molecular weight excluding hydrogens is 447 g/mol. The van der Waals surface area contributed by atoms with E-state index in [-0.39, 0.29) is 16.8 Å². The molecule has 35 heavy (non-hydrogen) atoms. The van der Waals surface area contributed by atoms with E-state index in [2.05, 4.69) is 27.5 Å². The lowest BCUT2D eigenvalue weighted by atomic mass is 9.90. The smallest absolute Gasteiger partial charge is 0.274 e. The van der Waals surface area contributed by atoms with Crippen molar-refractivity contribution in [1.82, 2.24) is 19.9 Å². The number of benzene rings is 2. The number of carbonyl (C=O) groups excluding carboxylic acids is 1. The first-order valence-electron chi connectivity index (χ1n) is 11.7. The summed E-state index contributed by atoms with van der Waals surface area (Å²) in [7, 11) is 0. The molecule has 1 aliphatic rings. The van der Waals surface area contributed by atoms with Gasteiger partial charge < -0.3 is 15.4 Å². The molecule has 1 aliphatic carbocycles. The number of rotatable bonds is 5. The highest BCUT2D eigenvalue weighted by Gasteiger charge is 2.31. The third-order valence-corrected chi connectivity index (χ3v) is 6.55. The van der Waals surface area contributed by atoms with Gasteiger partial charge in [0.1, 0.15) is 11.3 Å². The second kappa shape index (κ2) is 8.78. The summed E-state index contributed by atoms with van der Waals surface area (Å²) >= 11 is 0. The Labute approximate surface area is 201 Å². The highest BCUT2D eigenvalue weighted by molar-refractivity contribution is 5.94. The number of nitrogens with zero attached hydrogens (tertiary/aromatic N) is 2. The maximum absolute atomic E-state index is 13.4. The zero-order valence-corrected chi connectivity index (χ0v) is 19.6. The minimum atomic E-state index is -1.33. The molecule has 8 heteroatoms. The van der Waals surface area contributed by atoms with E-state index in [9.17, 15) is 19.1 Å². The van der Waals surface area contributed by atoms with Crippen LogP contribution in [-0.4, -0.2) is 31.2 Å². The van der Waals surface area contributed by atoms with Gasteiger partial charge in [-0.25, -0.2) is 8.91 Å². The quantitative estimate of drug-likeness (QED) is 0.408. The molecule has 4 aromatic rings. The number of aryl methyl sites for hydroxylation is 2. The third-order valence-electron chi connectivity index (χ3n) is 6.55.